The first kappa shape index (κ1) is 13.8. The molecule has 1 aliphatic carbocycles. The van der Waals surface area contributed by atoms with Crippen molar-refractivity contribution in [2.45, 2.75) is 52.1 Å². The fraction of sp³-hybridized carbons (Fsp3) is 0.833. The highest BCUT2D eigenvalue weighted by molar-refractivity contribution is 5.82. The number of amides is 2. The number of carbonyl (C=O) groups excluding carboxylic acids is 1. The van der Waals surface area contributed by atoms with Crippen LogP contribution in [0.2, 0.25) is 0 Å². The van der Waals surface area contributed by atoms with Gasteiger partial charge in [-0.1, -0.05) is 13.8 Å². The van der Waals surface area contributed by atoms with Crippen LogP contribution in [0, 0.1) is 11.8 Å². The molecule has 1 rings (SSSR count). The number of aliphatic carboxylic acids is 1. The summed E-state index contributed by atoms with van der Waals surface area (Å²) in [5.74, 6) is -0.181. The predicted molar refractivity (Wildman–Crippen MR) is 64.7 cm³/mol. The van der Waals surface area contributed by atoms with E-state index in [1.807, 2.05) is 20.8 Å². The Morgan fingerprint density at radius 1 is 1.24 bits per heavy atom. The minimum absolute atomic E-state index is 0.128. The summed E-state index contributed by atoms with van der Waals surface area (Å²) in [5.41, 5.74) is 0. The maximum absolute atomic E-state index is 11.6. The van der Waals surface area contributed by atoms with Gasteiger partial charge in [0.05, 0.1) is 0 Å². The zero-order chi connectivity index (χ0) is 13.0. The molecule has 5 nitrogen and oxygen atoms in total. The molecule has 0 bridgehead atoms. The van der Waals surface area contributed by atoms with Crippen LogP contribution in [0.25, 0.3) is 0 Å². The minimum Gasteiger partial charge on any atom is -0.480 e. The normalized spacial score (nSPS) is 18.6. The van der Waals surface area contributed by atoms with Crippen LogP contribution >= 0.6 is 0 Å². The second-order valence-electron chi connectivity index (χ2n) is 5.26. The van der Waals surface area contributed by atoms with Crippen LogP contribution in [0.3, 0.4) is 0 Å². The molecule has 0 radical (unpaired) electrons. The van der Waals surface area contributed by atoms with Gasteiger partial charge in [0.2, 0.25) is 0 Å². The molecule has 0 aromatic rings. The lowest BCUT2D eigenvalue weighted by molar-refractivity contribution is -0.139. The number of carbonyl (C=O) groups is 2. The minimum atomic E-state index is -0.979. The SMILES string of the molecule is CC(C)C[C@H](NC(=O)NC(C)C1CC1)C(=O)O. The molecule has 0 aromatic carbocycles. The average molecular weight is 242 g/mol. The van der Waals surface area contributed by atoms with Gasteiger partial charge in [-0.05, 0) is 38.0 Å². The van der Waals surface area contributed by atoms with Gasteiger partial charge in [-0.2, -0.15) is 0 Å². The molecule has 0 spiro atoms. The van der Waals surface area contributed by atoms with Crippen LogP contribution in [-0.2, 0) is 4.79 Å². The van der Waals surface area contributed by atoms with Crippen molar-refractivity contribution in [3.05, 3.63) is 0 Å². The van der Waals surface area contributed by atoms with Gasteiger partial charge in [0.25, 0.3) is 0 Å². The van der Waals surface area contributed by atoms with Crippen LogP contribution in [-0.4, -0.2) is 29.2 Å². The second-order valence-corrected chi connectivity index (χ2v) is 5.26. The van der Waals surface area contributed by atoms with Crippen molar-refractivity contribution in [2.75, 3.05) is 0 Å². The van der Waals surface area contributed by atoms with E-state index in [1.165, 1.54) is 0 Å². The quantitative estimate of drug-likeness (QED) is 0.661. The van der Waals surface area contributed by atoms with Crippen molar-refractivity contribution < 1.29 is 14.7 Å². The van der Waals surface area contributed by atoms with Gasteiger partial charge in [-0.25, -0.2) is 9.59 Å². The molecule has 0 aliphatic heterocycles. The molecule has 0 aromatic heterocycles. The molecule has 1 saturated carbocycles. The second kappa shape index (κ2) is 5.89. The van der Waals surface area contributed by atoms with Crippen LogP contribution < -0.4 is 10.6 Å². The summed E-state index contributed by atoms with van der Waals surface area (Å²) in [6, 6.07) is -1.05. The largest absolute Gasteiger partial charge is 0.480 e. The van der Waals surface area contributed by atoms with E-state index in [2.05, 4.69) is 10.6 Å². The van der Waals surface area contributed by atoms with Crippen LogP contribution in [0.5, 0.6) is 0 Å². The van der Waals surface area contributed by atoms with Crippen LogP contribution in [0.15, 0.2) is 0 Å². The average Bonchev–Trinajstić information content (AvgIpc) is 2.98. The smallest absolute Gasteiger partial charge is 0.326 e. The lowest BCUT2D eigenvalue weighted by Crippen LogP contribution is -2.49. The summed E-state index contributed by atoms with van der Waals surface area (Å²) in [4.78, 5) is 22.6. The van der Waals surface area contributed by atoms with Gasteiger partial charge in [0, 0.05) is 6.04 Å². The van der Waals surface area contributed by atoms with Gasteiger partial charge in [0.1, 0.15) is 6.04 Å². The molecule has 1 unspecified atom stereocenters. The fourth-order valence-electron chi connectivity index (χ4n) is 1.81. The van der Waals surface area contributed by atoms with E-state index in [0.717, 1.165) is 12.8 Å². The molecule has 0 heterocycles. The molecular formula is C12H22N2O3. The Morgan fingerprint density at radius 3 is 2.24 bits per heavy atom. The summed E-state index contributed by atoms with van der Waals surface area (Å²) < 4.78 is 0. The number of urea groups is 1. The van der Waals surface area contributed by atoms with Crippen molar-refractivity contribution in [1.82, 2.24) is 10.6 Å². The summed E-state index contributed by atoms with van der Waals surface area (Å²) in [6.45, 7) is 5.82. The third kappa shape index (κ3) is 5.06. The Bertz CT molecular complexity index is 287. The van der Waals surface area contributed by atoms with E-state index in [9.17, 15) is 9.59 Å². The van der Waals surface area contributed by atoms with Crippen molar-refractivity contribution in [2.24, 2.45) is 11.8 Å². The monoisotopic (exact) mass is 242 g/mol. The van der Waals surface area contributed by atoms with E-state index in [-0.39, 0.29) is 18.0 Å². The van der Waals surface area contributed by atoms with Crippen molar-refractivity contribution >= 4 is 12.0 Å². The molecule has 98 valence electrons. The maximum Gasteiger partial charge on any atom is 0.326 e. The number of nitrogens with one attached hydrogen (secondary N) is 2. The third-order valence-corrected chi connectivity index (χ3v) is 3.00. The van der Waals surface area contributed by atoms with Crippen LogP contribution in [0.4, 0.5) is 4.79 Å². The molecule has 2 amide bonds. The van der Waals surface area contributed by atoms with Gasteiger partial charge >= 0.3 is 12.0 Å². The van der Waals surface area contributed by atoms with Gasteiger partial charge in [-0.3, -0.25) is 0 Å². The topological polar surface area (TPSA) is 78.4 Å². The van der Waals surface area contributed by atoms with Crippen molar-refractivity contribution in [1.29, 1.82) is 0 Å². The molecule has 2 atom stereocenters. The van der Waals surface area contributed by atoms with E-state index >= 15 is 0 Å². The molecule has 17 heavy (non-hydrogen) atoms. The fourth-order valence-corrected chi connectivity index (χ4v) is 1.81. The predicted octanol–water partition coefficient (Wildman–Crippen LogP) is 1.58. The highest BCUT2D eigenvalue weighted by atomic mass is 16.4. The lowest BCUT2D eigenvalue weighted by Gasteiger charge is -2.19. The van der Waals surface area contributed by atoms with Gasteiger partial charge in [0.15, 0.2) is 0 Å². The van der Waals surface area contributed by atoms with Gasteiger partial charge in [-0.15, -0.1) is 0 Å². The number of rotatable bonds is 6. The van der Waals surface area contributed by atoms with Crippen LogP contribution in [0.1, 0.15) is 40.0 Å². The summed E-state index contributed by atoms with van der Waals surface area (Å²) in [7, 11) is 0. The van der Waals surface area contributed by atoms with Gasteiger partial charge < -0.3 is 15.7 Å². The summed E-state index contributed by atoms with van der Waals surface area (Å²) in [6.07, 6.45) is 2.74. The first-order chi connectivity index (χ1) is 7.90. The Morgan fingerprint density at radius 2 is 1.82 bits per heavy atom. The molecule has 3 N–H and O–H groups in total. The number of carboxylic acid groups (broad SMARTS) is 1. The highest BCUT2D eigenvalue weighted by Crippen LogP contribution is 2.32. The zero-order valence-corrected chi connectivity index (χ0v) is 10.7. The Balaban J connectivity index is 2.37. The maximum atomic E-state index is 11.6. The highest BCUT2D eigenvalue weighted by Gasteiger charge is 2.29. The Hall–Kier alpha value is -1.26. The third-order valence-electron chi connectivity index (χ3n) is 3.00. The van der Waals surface area contributed by atoms with Crippen molar-refractivity contribution in [3.8, 4) is 0 Å². The lowest BCUT2D eigenvalue weighted by atomic mass is 10.0. The van der Waals surface area contributed by atoms with E-state index in [4.69, 9.17) is 5.11 Å². The molecule has 0 saturated heterocycles. The molecular weight excluding hydrogens is 220 g/mol. The standard InChI is InChI=1S/C12H22N2O3/c1-7(2)6-10(11(15)16)14-12(17)13-8(3)9-4-5-9/h7-10H,4-6H2,1-3H3,(H,15,16)(H2,13,14,17)/t8?,10-/m0/s1. The first-order valence-electron chi connectivity index (χ1n) is 6.20. The van der Waals surface area contributed by atoms with E-state index in [0.29, 0.717) is 12.3 Å². The van der Waals surface area contributed by atoms with E-state index in [1.54, 1.807) is 0 Å². The van der Waals surface area contributed by atoms with E-state index < -0.39 is 12.0 Å². The number of hydrogen-bond donors (Lipinski definition) is 3. The Labute approximate surface area is 102 Å². The Kier molecular flexibility index (Phi) is 4.78. The first-order valence-corrected chi connectivity index (χ1v) is 6.20. The molecule has 1 fully saturated rings. The van der Waals surface area contributed by atoms with Crippen molar-refractivity contribution in [3.63, 3.8) is 0 Å². The molecule has 1 aliphatic rings. The molecule has 5 heteroatoms. The number of hydrogen-bond acceptors (Lipinski definition) is 2. The number of carboxylic acids is 1. The summed E-state index contributed by atoms with van der Waals surface area (Å²) in [5, 5.41) is 14.3. The zero-order valence-electron chi connectivity index (χ0n) is 10.7. The summed E-state index contributed by atoms with van der Waals surface area (Å²) >= 11 is 0.